The minimum absolute atomic E-state index is 0.253. The summed E-state index contributed by atoms with van der Waals surface area (Å²) in [4.78, 5) is 38.0. The van der Waals surface area contributed by atoms with E-state index in [0.717, 1.165) is 46.4 Å². The monoisotopic (exact) mass is 438 g/mol. The van der Waals surface area contributed by atoms with Crippen molar-refractivity contribution in [2.24, 2.45) is 0 Å². The fourth-order valence-corrected chi connectivity index (χ4v) is 3.86. The van der Waals surface area contributed by atoms with E-state index in [1.165, 1.54) is 5.56 Å². The second-order valence-electron chi connectivity index (χ2n) is 7.32. The molecule has 7 heteroatoms. The molecule has 2 aromatic carbocycles. The van der Waals surface area contributed by atoms with Gasteiger partial charge in [0, 0.05) is 6.54 Å². The molecule has 0 saturated carbocycles. The molecule has 0 aliphatic carbocycles. The van der Waals surface area contributed by atoms with E-state index in [1.54, 1.807) is 6.08 Å². The standard InChI is InChI=1S/C24H26N2O4S/c1-3-4-12-25-22(27)15-26-23(28)21(31-24(26)29)14-18-8-10-20(11-9-18)30-16-19-7-5-6-17(2)13-19/h5-11,13-14H,3-4,12,15-16H2,1-2H3,(H,25,27)/b21-14-. The van der Waals surface area contributed by atoms with E-state index in [4.69, 9.17) is 4.74 Å². The van der Waals surface area contributed by atoms with Gasteiger partial charge >= 0.3 is 0 Å². The number of unbranched alkanes of at least 4 members (excludes halogenated alkanes) is 1. The van der Waals surface area contributed by atoms with E-state index < -0.39 is 11.1 Å². The van der Waals surface area contributed by atoms with Gasteiger partial charge in [-0.15, -0.1) is 0 Å². The van der Waals surface area contributed by atoms with Crippen LogP contribution < -0.4 is 10.1 Å². The summed E-state index contributed by atoms with van der Waals surface area (Å²) in [7, 11) is 0. The topological polar surface area (TPSA) is 75.7 Å². The Morgan fingerprint density at radius 2 is 1.94 bits per heavy atom. The van der Waals surface area contributed by atoms with Crippen molar-refractivity contribution in [3.8, 4) is 5.75 Å². The third-order valence-corrected chi connectivity index (χ3v) is 5.60. The number of nitrogens with one attached hydrogen (secondary N) is 1. The summed E-state index contributed by atoms with van der Waals surface area (Å²) in [5.74, 6) is -0.0527. The number of rotatable bonds is 9. The van der Waals surface area contributed by atoms with Crippen molar-refractivity contribution in [3.63, 3.8) is 0 Å². The highest BCUT2D eigenvalue weighted by molar-refractivity contribution is 8.18. The van der Waals surface area contributed by atoms with Gasteiger partial charge in [-0.05, 0) is 54.4 Å². The SMILES string of the molecule is CCCCNC(=O)CN1C(=O)S/C(=C\c2ccc(OCc3cccc(C)c3)cc2)C1=O. The van der Waals surface area contributed by atoms with Gasteiger partial charge in [0.05, 0.1) is 4.91 Å². The first-order valence-corrected chi connectivity index (χ1v) is 11.1. The molecule has 1 fully saturated rings. The molecule has 3 amide bonds. The van der Waals surface area contributed by atoms with Crippen LogP contribution in [0.15, 0.2) is 53.4 Å². The zero-order valence-electron chi connectivity index (χ0n) is 17.7. The van der Waals surface area contributed by atoms with Crippen LogP contribution in [0.1, 0.15) is 36.5 Å². The van der Waals surface area contributed by atoms with Crippen LogP contribution in [0.4, 0.5) is 4.79 Å². The van der Waals surface area contributed by atoms with E-state index in [9.17, 15) is 14.4 Å². The van der Waals surface area contributed by atoms with Crippen molar-refractivity contribution < 1.29 is 19.1 Å². The molecule has 1 N–H and O–H groups in total. The van der Waals surface area contributed by atoms with Gasteiger partial charge in [0.25, 0.3) is 11.1 Å². The number of hydrogen-bond acceptors (Lipinski definition) is 5. The highest BCUT2D eigenvalue weighted by Crippen LogP contribution is 2.32. The van der Waals surface area contributed by atoms with Gasteiger partial charge in [0.15, 0.2) is 0 Å². The van der Waals surface area contributed by atoms with Gasteiger partial charge in [0.2, 0.25) is 5.91 Å². The highest BCUT2D eigenvalue weighted by atomic mass is 32.2. The molecule has 2 aromatic rings. The third-order valence-electron chi connectivity index (χ3n) is 4.69. The largest absolute Gasteiger partial charge is 0.489 e. The summed E-state index contributed by atoms with van der Waals surface area (Å²) in [5.41, 5.74) is 3.06. The molecule has 0 unspecified atom stereocenters. The van der Waals surface area contributed by atoms with Crippen molar-refractivity contribution in [3.05, 3.63) is 70.1 Å². The van der Waals surface area contributed by atoms with Crippen LogP contribution in [-0.2, 0) is 16.2 Å². The molecule has 0 bridgehead atoms. The molecule has 0 radical (unpaired) electrons. The lowest BCUT2D eigenvalue weighted by Crippen LogP contribution is -2.39. The van der Waals surface area contributed by atoms with Crippen LogP contribution in [-0.4, -0.2) is 35.0 Å². The molecule has 1 aliphatic rings. The molecule has 1 aliphatic heterocycles. The maximum atomic E-state index is 12.6. The van der Waals surface area contributed by atoms with E-state index in [1.807, 2.05) is 56.3 Å². The molecule has 0 aromatic heterocycles. The first-order chi connectivity index (χ1) is 15.0. The predicted octanol–water partition coefficient (Wildman–Crippen LogP) is 4.53. The van der Waals surface area contributed by atoms with Crippen LogP contribution in [0, 0.1) is 6.92 Å². The second-order valence-corrected chi connectivity index (χ2v) is 8.31. The average molecular weight is 439 g/mol. The van der Waals surface area contributed by atoms with Crippen LogP contribution in [0.3, 0.4) is 0 Å². The van der Waals surface area contributed by atoms with Gasteiger partial charge in [-0.1, -0.05) is 55.3 Å². The lowest BCUT2D eigenvalue weighted by Gasteiger charge is -2.12. The van der Waals surface area contributed by atoms with Crippen molar-refractivity contribution in [1.29, 1.82) is 0 Å². The Hall–Kier alpha value is -3.06. The molecular formula is C24H26N2O4S. The molecule has 0 spiro atoms. The number of carbonyl (C=O) groups excluding carboxylic acids is 3. The molecule has 0 atom stereocenters. The Kier molecular flexibility index (Phi) is 7.89. The summed E-state index contributed by atoms with van der Waals surface area (Å²) in [6.07, 6.45) is 3.48. The van der Waals surface area contributed by atoms with Gasteiger partial charge in [-0.2, -0.15) is 0 Å². The van der Waals surface area contributed by atoms with E-state index in [-0.39, 0.29) is 12.5 Å². The predicted molar refractivity (Wildman–Crippen MR) is 123 cm³/mol. The number of ether oxygens (including phenoxy) is 1. The maximum absolute atomic E-state index is 12.6. The molecule has 162 valence electrons. The maximum Gasteiger partial charge on any atom is 0.294 e. The van der Waals surface area contributed by atoms with E-state index in [0.29, 0.717) is 18.1 Å². The molecule has 3 rings (SSSR count). The first-order valence-electron chi connectivity index (χ1n) is 10.3. The molecule has 1 heterocycles. The quantitative estimate of drug-likeness (QED) is 0.460. The average Bonchev–Trinajstić information content (AvgIpc) is 3.01. The highest BCUT2D eigenvalue weighted by Gasteiger charge is 2.36. The Morgan fingerprint density at radius 1 is 1.16 bits per heavy atom. The van der Waals surface area contributed by atoms with E-state index in [2.05, 4.69) is 11.4 Å². The summed E-state index contributed by atoms with van der Waals surface area (Å²) in [6.45, 7) is 4.83. The Labute approximate surface area is 186 Å². The van der Waals surface area contributed by atoms with Crippen LogP contribution in [0.25, 0.3) is 6.08 Å². The van der Waals surface area contributed by atoms with Crippen molar-refractivity contribution in [1.82, 2.24) is 10.2 Å². The number of aryl methyl sites for hydroxylation is 1. The fourth-order valence-electron chi connectivity index (χ4n) is 3.02. The van der Waals surface area contributed by atoms with Gasteiger partial charge in [0.1, 0.15) is 18.9 Å². The third kappa shape index (κ3) is 6.46. The summed E-state index contributed by atoms with van der Waals surface area (Å²) < 4.78 is 5.81. The van der Waals surface area contributed by atoms with Gasteiger partial charge in [-0.3, -0.25) is 19.3 Å². The summed E-state index contributed by atoms with van der Waals surface area (Å²) in [5, 5.41) is 2.29. The molecular weight excluding hydrogens is 412 g/mol. The summed E-state index contributed by atoms with van der Waals surface area (Å²) >= 11 is 0.847. The molecule has 6 nitrogen and oxygen atoms in total. The number of thioether (sulfide) groups is 1. The Morgan fingerprint density at radius 3 is 2.65 bits per heavy atom. The lowest BCUT2D eigenvalue weighted by molar-refractivity contribution is -0.129. The number of imide groups is 1. The summed E-state index contributed by atoms with van der Waals surface area (Å²) in [6, 6.07) is 15.4. The van der Waals surface area contributed by atoms with Crippen molar-refractivity contribution >= 4 is 34.9 Å². The normalized spacial score (nSPS) is 14.9. The zero-order valence-corrected chi connectivity index (χ0v) is 18.5. The first kappa shape index (κ1) is 22.6. The van der Waals surface area contributed by atoms with Crippen molar-refractivity contribution in [2.45, 2.75) is 33.3 Å². The fraction of sp³-hybridized carbons (Fsp3) is 0.292. The number of carbonyl (C=O) groups is 3. The Balaban J connectivity index is 1.58. The van der Waals surface area contributed by atoms with Crippen LogP contribution in [0.5, 0.6) is 5.75 Å². The minimum atomic E-state index is -0.444. The number of nitrogens with zero attached hydrogens (tertiary/aromatic N) is 1. The van der Waals surface area contributed by atoms with Crippen LogP contribution >= 0.6 is 11.8 Å². The van der Waals surface area contributed by atoms with Gasteiger partial charge in [-0.25, -0.2) is 0 Å². The Bertz CT molecular complexity index is 985. The van der Waals surface area contributed by atoms with Crippen molar-refractivity contribution in [2.75, 3.05) is 13.1 Å². The second kappa shape index (κ2) is 10.8. The molecule has 1 saturated heterocycles. The van der Waals surface area contributed by atoms with Crippen LogP contribution in [0.2, 0.25) is 0 Å². The van der Waals surface area contributed by atoms with Gasteiger partial charge < -0.3 is 10.1 Å². The smallest absolute Gasteiger partial charge is 0.294 e. The number of hydrogen-bond donors (Lipinski definition) is 1. The molecule has 31 heavy (non-hydrogen) atoms. The number of benzene rings is 2. The van der Waals surface area contributed by atoms with E-state index >= 15 is 0 Å². The lowest BCUT2D eigenvalue weighted by atomic mass is 10.1. The minimum Gasteiger partial charge on any atom is -0.489 e. The number of amides is 3. The zero-order chi connectivity index (χ0) is 22.2.